The quantitative estimate of drug-likeness (QED) is 0.690. The van der Waals surface area contributed by atoms with Crippen LogP contribution in [-0.2, 0) is 16.0 Å². The van der Waals surface area contributed by atoms with E-state index in [-0.39, 0.29) is 30.2 Å². The lowest BCUT2D eigenvalue weighted by Crippen LogP contribution is -2.53. The smallest absolute Gasteiger partial charge is 0.253 e. The summed E-state index contributed by atoms with van der Waals surface area (Å²) < 4.78 is 19.2. The Bertz CT molecular complexity index is 973. The van der Waals surface area contributed by atoms with E-state index in [1.165, 1.54) is 13.0 Å². The predicted molar refractivity (Wildman–Crippen MR) is 118 cm³/mol. The highest BCUT2D eigenvalue weighted by Crippen LogP contribution is 2.18. The topological polar surface area (TPSA) is 87.7 Å². The minimum atomic E-state index is -0.874. The molecule has 0 spiro atoms. The normalized spacial score (nSPS) is 15.0. The van der Waals surface area contributed by atoms with Crippen LogP contribution in [0.25, 0.3) is 0 Å². The highest BCUT2D eigenvalue weighted by Gasteiger charge is 2.28. The number of methoxy groups -OCH3 is 1. The number of piperidine rings is 1. The van der Waals surface area contributed by atoms with Crippen LogP contribution in [0.3, 0.4) is 0 Å². The standard InChI is InChI=1S/C24H28FN3O4/c1-16(29)26-22(15-17-6-3-4-9-21(17)25)23(30)27-19-10-12-28(13-11-19)24(31)18-7-5-8-20(14-18)32-2/h3-9,14,19,22H,10-13,15H2,1-2H3,(H,26,29)(H,27,30)/t22-/m0/s1. The van der Waals surface area contributed by atoms with Crippen molar-refractivity contribution in [2.24, 2.45) is 0 Å². The molecule has 0 aliphatic carbocycles. The van der Waals surface area contributed by atoms with Crippen molar-refractivity contribution in [2.45, 2.75) is 38.3 Å². The number of hydrogen-bond acceptors (Lipinski definition) is 4. The van der Waals surface area contributed by atoms with Crippen molar-refractivity contribution in [1.29, 1.82) is 0 Å². The number of amides is 3. The first kappa shape index (κ1) is 23.2. The summed E-state index contributed by atoms with van der Waals surface area (Å²) in [4.78, 5) is 38.9. The third-order valence-electron chi connectivity index (χ3n) is 5.52. The molecule has 1 aliphatic rings. The Labute approximate surface area is 186 Å². The molecule has 1 fully saturated rings. The molecule has 2 aromatic carbocycles. The van der Waals surface area contributed by atoms with E-state index >= 15 is 0 Å². The Morgan fingerprint density at radius 3 is 2.50 bits per heavy atom. The highest BCUT2D eigenvalue weighted by molar-refractivity contribution is 5.94. The summed E-state index contributed by atoms with van der Waals surface area (Å²) in [5, 5.41) is 5.56. The van der Waals surface area contributed by atoms with Gasteiger partial charge in [-0.15, -0.1) is 0 Å². The average molecular weight is 442 g/mol. The molecule has 0 unspecified atom stereocenters. The number of ether oxygens (including phenoxy) is 1. The van der Waals surface area contributed by atoms with Gasteiger partial charge in [0.1, 0.15) is 17.6 Å². The fourth-order valence-electron chi connectivity index (χ4n) is 3.81. The van der Waals surface area contributed by atoms with E-state index in [1.54, 1.807) is 54.5 Å². The molecule has 2 N–H and O–H groups in total. The van der Waals surface area contributed by atoms with Gasteiger partial charge in [-0.2, -0.15) is 0 Å². The lowest BCUT2D eigenvalue weighted by Gasteiger charge is -2.33. The molecule has 3 amide bonds. The first-order valence-electron chi connectivity index (χ1n) is 10.6. The van der Waals surface area contributed by atoms with Gasteiger partial charge < -0.3 is 20.3 Å². The second kappa shape index (κ2) is 10.7. The summed E-state index contributed by atoms with van der Waals surface area (Å²) in [6.45, 7) is 2.32. The van der Waals surface area contributed by atoms with Crippen molar-refractivity contribution in [3.63, 3.8) is 0 Å². The number of nitrogens with zero attached hydrogens (tertiary/aromatic N) is 1. The van der Waals surface area contributed by atoms with Crippen LogP contribution in [0.5, 0.6) is 5.75 Å². The van der Waals surface area contributed by atoms with Gasteiger partial charge in [0.2, 0.25) is 11.8 Å². The summed E-state index contributed by atoms with van der Waals surface area (Å²) >= 11 is 0. The summed E-state index contributed by atoms with van der Waals surface area (Å²) in [7, 11) is 1.55. The Kier molecular flexibility index (Phi) is 7.81. The van der Waals surface area contributed by atoms with Crippen molar-refractivity contribution in [3.05, 3.63) is 65.5 Å². The largest absolute Gasteiger partial charge is 0.497 e. The zero-order valence-corrected chi connectivity index (χ0v) is 18.3. The van der Waals surface area contributed by atoms with Crippen LogP contribution in [0.2, 0.25) is 0 Å². The Morgan fingerprint density at radius 1 is 1.12 bits per heavy atom. The van der Waals surface area contributed by atoms with Crippen LogP contribution in [0.1, 0.15) is 35.7 Å². The summed E-state index contributed by atoms with van der Waals surface area (Å²) in [6, 6.07) is 12.2. The molecule has 1 atom stereocenters. The van der Waals surface area contributed by atoms with Gasteiger partial charge >= 0.3 is 0 Å². The number of likely N-dealkylation sites (tertiary alicyclic amines) is 1. The first-order chi connectivity index (χ1) is 15.4. The molecule has 1 saturated heterocycles. The molecule has 0 saturated carbocycles. The van der Waals surface area contributed by atoms with Crippen molar-refractivity contribution in [1.82, 2.24) is 15.5 Å². The molecule has 170 valence electrons. The summed E-state index contributed by atoms with van der Waals surface area (Å²) in [5.41, 5.74) is 0.919. The number of benzene rings is 2. The minimum Gasteiger partial charge on any atom is -0.497 e. The van der Waals surface area contributed by atoms with Gasteiger partial charge in [-0.25, -0.2) is 4.39 Å². The Morgan fingerprint density at radius 2 is 1.84 bits per heavy atom. The van der Waals surface area contributed by atoms with Gasteiger partial charge in [-0.1, -0.05) is 24.3 Å². The van der Waals surface area contributed by atoms with E-state index < -0.39 is 11.9 Å². The number of nitrogens with one attached hydrogen (secondary N) is 2. The molecule has 3 rings (SSSR count). The van der Waals surface area contributed by atoms with Crippen LogP contribution in [0, 0.1) is 5.82 Å². The van der Waals surface area contributed by atoms with E-state index in [0.717, 1.165) is 0 Å². The number of hydrogen-bond donors (Lipinski definition) is 2. The zero-order chi connectivity index (χ0) is 23.1. The Balaban J connectivity index is 1.57. The third kappa shape index (κ3) is 6.06. The van der Waals surface area contributed by atoms with Crippen LogP contribution in [-0.4, -0.2) is 54.9 Å². The molecule has 7 nitrogen and oxygen atoms in total. The number of carbonyl (C=O) groups is 3. The lowest BCUT2D eigenvalue weighted by molar-refractivity contribution is -0.128. The zero-order valence-electron chi connectivity index (χ0n) is 18.3. The fraction of sp³-hybridized carbons (Fsp3) is 0.375. The van der Waals surface area contributed by atoms with Crippen molar-refractivity contribution in [2.75, 3.05) is 20.2 Å². The number of halogens is 1. The molecule has 1 aliphatic heterocycles. The molecule has 0 radical (unpaired) electrons. The van der Waals surface area contributed by atoms with Gasteiger partial charge in [-0.05, 0) is 42.7 Å². The minimum absolute atomic E-state index is 0.0608. The van der Waals surface area contributed by atoms with E-state index in [9.17, 15) is 18.8 Å². The predicted octanol–water partition coefficient (Wildman–Crippen LogP) is 2.30. The maximum absolute atomic E-state index is 14.0. The van der Waals surface area contributed by atoms with Gasteiger partial charge in [0.05, 0.1) is 7.11 Å². The van der Waals surface area contributed by atoms with Crippen LogP contribution in [0.4, 0.5) is 4.39 Å². The summed E-state index contributed by atoms with van der Waals surface area (Å²) in [5.74, 6) is -0.595. The van der Waals surface area contributed by atoms with Crippen LogP contribution < -0.4 is 15.4 Å². The molecular formula is C24H28FN3O4. The Hall–Kier alpha value is -3.42. The second-order valence-electron chi connectivity index (χ2n) is 7.86. The molecule has 32 heavy (non-hydrogen) atoms. The maximum atomic E-state index is 14.0. The SMILES string of the molecule is COc1cccc(C(=O)N2CCC(NC(=O)[C@H](Cc3ccccc3F)NC(C)=O)CC2)c1. The third-order valence-corrected chi connectivity index (χ3v) is 5.52. The maximum Gasteiger partial charge on any atom is 0.253 e. The van der Waals surface area contributed by atoms with E-state index in [0.29, 0.717) is 42.8 Å². The van der Waals surface area contributed by atoms with Gasteiger partial charge in [0.25, 0.3) is 5.91 Å². The number of rotatable bonds is 7. The molecule has 2 aromatic rings. The van der Waals surface area contributed by atoms with Crippen molar-refractivity contribution >= 4 is 17.7 Å². The monoisotopic (exact) mass is 441 g/mol. The van der Waals surface area contributed by atoms with E-state index in [2.05, 4.69) is 10.6 Å². The molecule has 1 heterocycles. The van der Waals surface area contributed by atoms with Gasteiger partial charge in [0, 0.05) is 38.0 Å². The summed E-state index contributed by atoms with van der Waals surface area (Å²) in [6.07, 6.45) is 1.24. The second-order valence-corrected chi connectivity index (χ2v) is 7.86. The molecule has 0 aromatic heterocycles. The molecular weight excluding hydrogens is 413 g/mol. The van der Waals surface area contributed by atoms with Crippen molar-refractivity contribution < 1.29 is 23.5 Å². The van der Waals surface area contributed by atoms with Gasteiger partial charge in [-0.3, -0.25) is 14.4 Å². The number of carbonyl (C=O) groups excluding carboxylic acids is 3. The molecule has 0 bridgehead atoms. The first-order valence-corrected chi connectivity index (χ1v) is 10.6. The van der Waals surface area contributed by atoms with Crippen LogP contribution >= 0.6 is 0 Å². The molecule has 8 heteroatoms. The lowest BCUT2D eigenvalue weighted by atomic mass is 10.0. The van der Waals surface area contributed by atoms with Crippen molar-refractivity contribution in [3.8, 4) is 5.75 Å². The van der Waals surface area contributed by atoms with E-state index in [4.69, 9.17) is 4.74 Å². The van der Waals surface area contributed by atoms with E-state index in [1.807, 2.05) is 0 Å². The highest BCUT2D eigenvalue weighted by atomic mass is 19.1. The average Bonchev–Trinajstić information content (AvgIpc) is 2.79. The van der Waals surface area contributed by atoms with Gasteiger partial charge in [0.15, 0.2) is 0 Å². The van der Waals surface area contributed by atoms with Crippen LogP contribution in [0.15, 0.2) is 48.5 Å². The fourth-order valence-corrected chi connectivity index (χ4v) is 3.81.